The van der Waals surface area contributed by atoms with Crippen LogP contribution in [0.1, 0.15) is 11.1 Å². The number of nitrogens with zero attached hydrogens (tertiary/aromatic N) is 2. The third kappa shape index (κ3) is 2.53. The van der Waals surface area contributed by atoms with E-state index in [1.807, 2.05) is 12.4 Å². The standard InChI is InChI=1S/C13H17N3S/c1-10-4-3-5-11(2)12(10)16-8-7-15-13(16)17-9-6-14/h3-5,7-8H,6,9,14H2,1-2H3. The second kappa shape index (κ2) is 5.38. The molecule has 1 aromatic heterocycles. The van der Waals surface area contributed by atoms with Crippen molar-refractivity contribution in [2.75, 3.05) is 12.3 Å². The molecule has 0 saturated carbocycles. The highest BCUT2D eigenvalue weighted by atomic mass is 32.2. The van der Waals surface area contributed by atoms with Crippen molar-refractivity contribution in [3.05, 3.63) is 41.7 Å². The number of imidazole rings is 1. The molecule has 0 aliphatic heterocycles. The summed E-state index contributed by atoms with van der Waals surface area (Å²) in [6, 6.07) is 6.33. The lowest BCUT2D eigenvalue weighted by atomic mass is 10.1. The molecule has 0 amide bonds. The number of nitrogens with two attached hydrogens (primary N) is 1. The summed E-state index contributed by atoms with van der Waals surface area (Å²) in [7, 11) is 0. The zero-order valence-corrected chi connectivity index (χ0v) is 11.0. The number of rotatable bonds is 4. The number of benzene rings is 1. The van der Waals surface area contributed by atoms with Crippen LogP contribution in [0.2, 0.25) is 0 Å². The van der Waals surface area contributed by atoms with Gasteiger partial charge in [-0.05, 0) is 25.0 Å². The van der Waals surface area contributed by atoms with Gasteiger partial charge in [-0.15, -0.1) is 0 Å². The van der Waals surface area contributed by atoms with Crippen LogP contribution in [-0.4, -0.2) is 21.8 Å². The van der Waals surface area contributed by atoms with E-state index in [-0.39, 0.29) is 0 Å². The Morgan fingerprint density at radius 2 is 2.00 bits per heavy atom. The molecule has 1 heterocycles. The summed E-state index contributed by atoms with van der Waals surface area (Å²) in [5.74, 6) is 0.891. The highest BCUT2D eigenvalue weighted by Gasteiger charge is 2.09. The molecule has 17 heavy (non-hydrogen) atoms. The molecule has 0 bridgehead atoms. The Kier molecular flexibility index (Phi) is 3.86. The summed E-state index contributed by atoms with van der Waals surface area (Å²) in [5.41, 5.74) is 9.29. The van der Waals surface area contributed by atoms with Gasteiger partial charge in [0.2, 0.25) is 0 Å². The molecule has 2 N–H and O–H groups in total. The van der Waals surface area contributed by atoms with Crippen LogP contribution in [0.5, 0.6) is 0 Å². The molecule has 2 aromatic rings. The Labute approximate surface area is 106 Å². The Balaban J connectivity index is 2.43. The molecule has 0 aliphatic rings. The largest absolute Gasteiger partial charge is 0.330 e. The molecule has 1 aromatic carbocycles. The Hall–Kier alpha value is -1.26. The normalized spacial score (nSPS) is 10.8. The van der Waals surface area contributed by atoms with Crippen molar-refractivity contribution in [2.24, 2.45) is 5.73 Å². The van der Waals surface area contributed by atoms with E-state index in [2.05, 4.69) is 41.6 Å². The van der Waals surface area contributed by atoms with E-state index in [4.69, 9.17) is 5.73 Å². The number of thioether (sulfide) groups is 1. The monoisotopic (exact) mass is 247 g/mol. The Morgan fingerprint density at radius 3 is 2.65 bits per heavy atom. The van der Waals surface area contributed by atoms with Gasteiger partial charge in [0.05, 0.1) is 5.69 Å². The third-order valence-electron chi connectivity index (χ3n) is 2.64. The smallest absolute Gasteiger partial charge is 0.172 e. The van der Waals surface area contributed by atoms with Crippen molar-refractivity contribution in [2.45, 2.75) is 19.0 Å². The van der Waals surface area contributed by atoms with E-state index in [1.54, 1.807) is 11.8 Å². The summed E-state index contributed by atoms with van der Waals surface area (Å²) in [6.07, 6.45) is 3.85. The molecule has 2 rings (SSSR count). The number of para-hydroxylation sites is 1. The minimum Gasteiger partial charge on any atom is -0.330 e. The molecule has 0 spiro atoms. The van der Waals surface area contributed by atoms with Gasteiger partial charge in [-0.1, -0.05) is 30.0 Å². The maximum atomic E-state index is 5.54. The highest BCUT2D eigenvalue weighted by molar-refractivity contribution is 7.99. The minimum atomic E-state index is 0.671. The van der Waals surface area contributed by atoms with Crippen LogP contribution >= 0.6 is 11.8 Å². The lowest BCUT2D eigenvalue weighted by Gasteiger charge is -2.13. The van der Waals surface area contributed by atoms with Crippen LogP contribution in [0.3, 0.4) is 0 Å². The van der Waals surface area contributed by atoms with Crippen LogP contribution in [-0.2, 0) is 0 Å². The van der Waals surface area contributed by atoms with Crippen molar-refractivity contribution >= 4 is 11.8 Å². The topological polar surface area (TPSA) is 43.8 Å². The van der Waals surface area contributed by atoms with Gasteiger partial charge < -0.3 is 5.73 Å². The van der Waals surface area contributed by atoms with Crippen molar-refractivity contribution < 1.29 is 0 Å². The van der Waals surface area contributed by atoms with Gasteiger partial charge in [0, 0.05) is 24.7 Å². The number of hydrogen-bond acceptors (Lipinski definition) is 3. The predicted octanol–water partition coefficient (Wildman–Crippen LogP) is 2.54. The van der Waals surface area contributed by atoms with Gasteiger partial charge >= 0.3 is 0 Å². The van der Waals surface area contributed by atoms with Gasteiger partial charge in [-0.25, -0.2) is 4.98 Å². The second-order valence-electron chi connectivity index (χ2n) is 3.96. The van der Waals surface area contributed by atoms with Crippen LogP contribution in [0.25, 0.3) is 5.69 Å². The Morgan fingerprint density at radius 1 is 1.29 bits per heavy atom. The molecule has 90 valence electrons. The van der Waals surface area contributed by atoms with Gasteiger partial charge in [0.15, 0.2) is 5.16 Å². The summed E-state index contributed by atoms with van der Waals surface area (Å²) in [6.45, 7) is 4.92. The van der Waals surface area contributed by atoms with Crippen LogP contribution < -0.4 is 5.73 Å². The fourth-order valence-electron chi connectivity index (χ4n) is 1.90. The predicted molar refractivity (Wildman–Crippen MR) is 72.8 cm³/mol. The van der Waals surface area contributed by atoms with Crippen molar-refractivity contribution in [1.82, 2.24) is 9.55 Å². The number of hydrogen-bond donors (Lipinski definition) is 1. The third-order valence-corrected chi connectivity index (χ3v) is 3.64. The molecular weight excluding hydrogens is 230 g/mol. The summed E-state index contributed by atoms with van der Waals surface area (Å²) in [5, 5.41) is 1.01. The molecule has 4 heteroatoms. The first-order valence-corrected chi connectivity index (χ1v) is 6.65. The number of aromatic nitrogens is 2. The zero-order valence-electron chi connectivity index (χ0n) is 10.2. The quantitative estimate of drug-likeness (QED) is 0.844. The van der Waals surface area contributed by atoms with E-state index >= 15 is 0 Å². The SMILES string of the molecule is Cc1cccc(C)c1-n1ccnc1SCCN. The fraction of sp³-hybridized carbons (Fsp3) is 0.308. The average molecular weight is 247 g/mol. The first kappa shape index (κ1) is 12.2. The number of aryl methyl sites for hydroxylation is 2. The highest BCUT2D eigenvalue weighted by Crippen LogP contribution is 2.24. The molecule has 0 fully saturated rings. The fourth-order valence-corrected chi connectivity index (χ4v) is 2.63. The molecule has 3 nitrogen and oxygen atoms in total. The van der Waals surface area contributed by atoms with Gasteiger partial charge in [-0.2, -0.15) is 0 Å². The molecule has 0 aliphatic carbocycles. The van der Waals surface area contributed by atoms with E-state index in [0.29, 0.717) is 6.54 Å². The van der Waals surface area contributed by atoms with Gasteiger partial charge in [0.25, 0.3) is 0 Å². The van der Waals surface area contributed by atoms with Crippen molar-refractivity contribution in [3.8, 4) is 5.69 Å². The summed E-state index contributed by atoms with van der Waals surface area (Å²) >= 11 is 1.69. The summed E-state index contributed by atoms with van der Waals surface area (Å²) in [4.78, 5) is 4.38. The van der Waals surface area contributed by atoms with Crippen LogP contribution in [0, 0.1) is 13.8 Å². The molecular formula is C13H17N3S. The van der Waals surface area contributed by atoms with Crippen LogP contribution in [0.4, 0.5) is 0 Å². The van der Waals surface area contributed by atoms with Crippen molar-refractivity contribution in [3.63, 3.8) is 0 Å². The van der Waals surface area contributed by atoms with Crippen molar-refractivity contribution in [1.29, 1.82) is 0 Å². The zero-order chi connectivity index (χ0) is 12.3. The molecule has 0 unspecified atom stereocenters. The maximum Gasteiger partial charge on any atom is 0.172 e. The lowest BCUT2D eigenvalue weighted by molar-refractivity contribution is 0.879. The lowest BCUT2D eigenvalue weighted by Crippen LogP contribution is -2.04. The van der Waals surface area contributed by atoms with E-state index in [0.717, 1.165) is 10.9 Å². The van der Waals surface area contributed by atoms with E-state index in [1.165, 1.54) is 16.8 Å². The Bertz CT molecular complexity index is 485. The average Bonchev–Trinajstić information content (AvgIpc) is 2.74. The molecule has 0 atom stereocenters. The molecule has 0 radical (unpaired) electrons. The van der Waals surface area contributed by atoms with E-state index in [9.17, 15) is 0 Å². The van der Waals surface area contributed by atoms with E-state index < -0.39 is 0 Å². The second-order valence-corrected chi connectivity index (χ2v) is 5.02. The van der Waals surface area contributed by atoms with Gasteiger partial charge in [0.1, 0.15) is 0 Å². The maximum absolute atomic E-state index is 5.54. The first-order chi connectivity index (χ1) is 8.24. The minimum absolute atomic E-state index is 0.671. The summed E-state index contributed by atoms with van der Waals surface area (Å²) < 4.78 is 2.14. The van der Waals surface area contributed by atoms with Crippen LogP contribution in [0.15, 0.2) is 35.7 Å². The first-order valence-electron chi connectivity index (χ1n) is 5.67. The molecule has 0 saturated heterocycles. The van der Waals surface area contributed by atoms with Gasteiger partial charge in [-0.3, -0.25) is 4.57 Å².